The number of nitro groups is 1. The number of hydrogen-bond donors (Lipinski definition) is 0. The second-order valence-corrected chi connectivity index (χ2v) is 8.04. The molecule has 0 saturated heterocycles. The lowest BCUT2D eigenvalue weighted by atomic mass is 10.2. The maximum absolute atomic E-state index is 13.5. The van der Waals surface area contributed by atoms with Crippen molar-refractivity contribution in [2.75, 3.05) is 13.2 Å². The summed E-state index contributed by atoms with van der Waals surface area (Å²) in [5.74, 6) is -0.0139. The predicted octanol–water partition coefficient (Wildman–Crippen LogP) is 4.54. The molecule has 0 aliphatic rings. The van der Waals surface area contributed by atoms with Crippen LogP contribution < -0.4 is 10.3 Å². The summed E-state index contributed by atoms with van der Waals surface area (Å²) in [7, 11) is 0. The molecule has 0 aliphatic carbocycles. The summed E-state index contributed by atoms with van der Waals surface area (Å²) in [5, 5.41) is 16.9. The molecule has 2 heterocycles. The van der Waals surface area contributed by atoms with Crippen LogP contribution in [0.15, 0.2) is 87.1 Å². The van der Waals surface area contributed by atoms with Crippen molar-refractivity contribution in [2.45, 2.75) is 6.92 Å². The number of esters is 1. The van der Waals surface area contributed by atoms with Crippen LogP contribution in [0.25, 0.3) is 33.5 Å². The van der Waals surface area contributed by atoms with Gasteiger partial charge in [0.2, 0.25) is 5.82 Å². The molecule has 0 saturated carbocycles. The molecule has 5 rings (SSSR count). The predicted molar refractivity (Wildman–Crippen MR) is 139 cm³/mol. The van der Waals surface area contributed by atoms with E-state index in [1.807, 2.05) is 18.2 Å². The van der Waals surface area contributed by atoms with E-state index < -0.39 is 23.1 Å². The number of rotatable bonds is 8. The van der Waals surface area contributed by atoms with Crippen molar-refractivity contribution in [3.05, 3.63) is 98.8 Å². The number of fused-ring (bicyclic) bond motifs is 2. The molecule has 38 heavy (non-hydrogen) atoms. The topological polar surface area (TPSA) is 139 Å². The van der Waals surface area contributed by atoms with Gasteiger partial charge in [0.05, 0.1) is 28.6 Å². The molecule has 0 N–H and O–H groups in total. The number of benzene rings is 3. The van der Waals surface area contributed by atoms with Gasteiger partial charge in [-0.15, -0.1) is 0 Å². The van der Waals surface area contributed by atoms with Gasteiger partial charge in [-0.25, -0.2) is 9.78 Å². The third-order valence-corrected chi connectivity index (χ3v) is 5.57. The average molecular weight is 512 g/mol. The van der Waals surface area contributed by atoms with E-state index >= 15 is 0 Å². The second kappa shape index (κ2) is 10.3. The molecule has 0 amide bonds. The number of carbonyl (C=O) groups excluding carboxylic acids is 1. The summed E-state index contributed by atoms with van der Waals surface area (Å²) >= 11 is 0. The van der Waals surface area contributed by atoms with E-state index in [2.05, 4.69) is 10.1 Å². The first-order valence-electron chi connectivity index (χ1n) is 11.6. The van der Waals surface area contributed by atoms with Gasteiger partial charge < -0.3 is 13.9 Å². The van der Waals surface area contributed by atoms with Crippen LogP contribution in [0.4, 0.5) is 5.69 Å². The number of hydrogen-bond acceptors (Lipinski definition) is 9. The molecule has 0 fully saturated rings. The van der Waals surface area contributed by atoms with Gasteiger partial charge in [-0.05, 0) is 37.3 Å². The minimum absolute atomic E-state index is 0.138. The van der Waals surface area contributed by atoms with E-state index in [0.717, 1.165) is 10.1 Å². The van der Waals surface area contributed by atoms with Crippen LogP contribution in [0.3, 0.4) is 0 Å². The summed E-state index contributed by atoms with van der Waals surface area (Å²) in [5.41, 5.74) is 0.527. The minimum Gasteiger partial charge on any atom is -0.481 e. The van der Waals surface area contributed by atoms with Gasteiger partial charge in [-0.3, -0.25) is 14.9 Å². The Morgan fingerprint density at radius 3 is 2.71 bits per heavy atom. The molecule has 0 bridgehead atoms. The summed E-state index contributed by atoms with van der Waals surface area (Å²) in [6.45, 7) is 1.43. The maximum atomic E-state index is 13.5. The first-order chi connectivity index (χ1) is 18.4. The van der Waals surface area contributed by atoms with Crippen LogP contribution in [0.1, 0.15) is 12.5 Å². The number of para-hydroxylation sites is 2. The Kier molecular flexibility index (Phi) is 6.64. The molecule has 0 radical (unpaired) electrons. The fourth-order valence-electron chi connectivity index (χ4n) is 3.82. The lowest BCUT2D eigenvalue weighted by Gasteiger charge is -2.10. The van der Waals surface area contributed by atoms with Crippen molar-refractivity contribution < 1.29 is 23.6 Å². The minimum atomic E-state index is -0.601. The highest BCUT2D eigenvalue weighted by Gasteiger charge is 2.17. The van der Waals surface area contributed by atoms with Gasteiger partial charge in [0.25, 0.3) is 11.2 Å². The summed E-state index contributed by atoms with van der Waals surface area (Å²) in [4.78, 5) is 40.7. The standard InChI is InChI=1S/C27H20N4O7/c1-2-36-25(32)16-37-22-12-11-19(31(34)35)13-18(22)15-28-30-26(24-14-17-7-3-6-10-23(17)38-24)29-21-9-5-4-8-20(21)27(30)33/h3-15H,2,16H2,1H3. The Morgan fingerprint density at radius 2 is 1.92 bits per heavy atom. The van der Waals surface area contributed by atoms with E-state index in [4.69, 9.17) is 13.9 Å². The normalized spacial score (nSPS) is 11.3. The Bertz CT molecular complexity index is 1740. The zero-order valence-corrected chi connectivity index (χ0v) is 20.1. The SMILES string of the molecule is CCOC(=O)COc1ccc([N+](=O)[O-])cc1C=Nn1c(-c2cc3ccccc3o2)nc2ccccc2c1=O. The van der Waals surface area contributed by atoms with E-state index in [0.29, 0.717) is 22.2 Å². The summed E-state index contributed by atoms with van der Waals surface area (Å²) in [6.07, 6.45) is 1.23. The Morgan fingerprint density at radius 1 is 1.13 bits per heavy atom. The molecule has 0 atom stereocenters. The van der Waals surface area contributed by atoms with Crippen LogP contribution in [0, 0.1) is 10.1 Å². The van der Waals surface area contributed by atoms with Crippen molar-refractivity contribution in [3.8, 4) is 17.3 Å². The quantitative estimate of drug-likeness (QED) is 0.128. The third kappa shape index (κ3) is 4.85. The van der Waals surface area contributed by atoms with Crippen molar-refractivity contribution in [1.29, 1.82) is 0 Å². The van der Waals surface area contributed by atoms with Gasteiger partial charge >= 0.3 is 5.97 Å². The zero-order valence-electron chi connectivity index (χ0n) is 20.1. The highest BCUT2D eigenvalue weighted by atomic mass is 16.6. The average Bonchev–Trinajstić information content (AvgIpc) is 3.36. The van der Waals surface area contributed by atoms with Crippen LogP contribution in [-0.2, 0) is 9.53 Å². The zero-order chi connectivity index (χ0) is 26.6. The van der Waals surface area contributed by atoms with Gasteiger partial charge in [0.1, 0.15) is 11.3 Å². The van der Waals surface area contributed by atoms with Gasteiger partial charge in [-0.2, -0.15) is 9.78 Å². The third-order valence-electron chi connectivity index (χ3n) is 5.57. The molecule has 190 valence electrons. The number of nitrogens with zero attached hydrogens (tertiary/aromatic N) is 4. The largest absolute Gasteiger partial charge is 0.481 e. The Balaban J connectivity index is 1.64. The number of ether oxygens (including phenoxy) is 2. The molecule has 3 aromatic carbocycles. The van der Waals surface area contributed by atoms with Gasteiger partial charge in [0.15, 0.2) is 12.4 Å². The van der Waals surface area contributed by atoms with E-state index in [-0.39, 0.29) is 29.4 Å². The molecule has 0 spiro atoms. The number of carbonyl (C=O) groups is 1. The first-order valence-corrected chi connectivity index (χ1v) is 11.6. The molecule has 0 aliphatic heterocycles. The van der Waals surface area contributed by atoms with Crippen LogP contribution in [-0.4, -0.2) is 40.0 Å². The molecule has 0 unspecified atom stereocenters. The lowest BCUT2D eigenvalue weighted by Crippen LogP contribution is -2.20. The van der Waals surface area contributed by atoms with Gasteiger partial charge in [0, 0.05) is 23.1 Å². The fraction of sp³-hybridized carbons (Fsp3) is 0.111. The first kappa shape index (κ1) is 24.4. The van der Waals surface area contributed by atoms with Gasteiger partial charge in [-0.1, -0.05) is 30.3 Å². The van der Waals surface area contributed by atoms with Crippen LogP contribution in [0.2, 0.25) is 0 Å². The highest BCUT2D eigenvalue weighted by Crippen LogP contribution is 2.28. The molecular formula is C27H20N4O7. The number of nitro benzene ring substituents is 1. The maximum Gasteiger partial charge on any atom is 0.344 e. The van der Waals surface area contributed by atoms with E-state index in [1.54, 1.807) is 43.3 Å². The lowest BCUT2D eigenvalue weighted by molar-refractivity contribution is -0.384. The van der Waals surface area contributed by atoms with Crippen molar-refractivity contribution in [2.24, 2.45) is 5.10 Å². The number of aromatic nitrogens is 2. The summed E-state index contributed by atoms with van der Waals surface area (Å²) in [6, 6.07) is 19.7. The Hall–Kier alpha value is -5.32. The van der Waals surface area contributed by atoms with Crippen molar-refractivity contribution >= 4 is 39.7 Å². The molecule has 5 aromatic rings. The number of non-ortho nitro benzene ring substituents is 1. The highest BCUT2D eigenvalue weighted by molar-refractivity contribution is 5.86. The van der Waals surface area contributed by atoms with Crippen LogP contribution in [0.5, 0.6) is 5.75 Å². The molecule has 2 aromatic heterocycles. The second-order valence-electron chi connectivity index (χ2n) is 8.04. The fourth-order valence-corrected chi connectivity index (χ4v) is 3.82. The van der Waals surface area contributed by atoms with Crippen LogP contribution >= 0.6 is 0 Å². The monoisotopic (exact) mass is 512 g/mol. The Labute approximate surface area is 214 Å². The molecule has 11 nitrogen and oxygen atoms in total. The smallest absolute Gasteiger partial charge is 0.344 e. The van der Waals surface area contributed by atoms with E-state index in [1.165, 1.54) is 24.4 Å². The molecule has 11 heteroatoms. The molecular weight excluding hydrogens is 492 g/mol. The van der Waals surface area contributed by atoms with Crippen molar-refractivity contribution in [3.63, 3.8) is 0 Å². The van der Waals surface area contributed by atoms with Crippen molar-refractivity contribution in [1.82, 2.24) is 9.66 Å². The summed E-state index contributed by atoms with van der Waals surface area (Å²) < 4.78 is 17.4. The van der Waals surface area contributed by atoms with E-state index in [9.17, 15) is 19.7 Å². The number of furan rings is 1.